The van der Waals surface area contributed by atoms with Gasteiger partial charge in [0, 0.05) is 20.0 Å². The molecule has 1 aromatic rings. The van der Waals surface area contributed by atoms with E-state index in [0.29, 0.717) is 6.54 Å². The highest BCUT2D eigenvalue weighted by molar-refractivity contribution is 5.82. The molecule has 0 heterocycles. The maximum absolute atomic E-state index is 11.8. The minimum absolute atomic E-state index is 0.0926. The molecule has 0 saturated heterocycles. The van der Waals surface area contributed by atoms with Crippen molar-refractivity contribution in [3.63, 3.8) is 0 Å². The molecule has 0 saturated carbocycles. The molecule has 0 aliphatic rings. The van der Waals surface area contributed by atoms with Gasteiger partial charge >= 0.3 is 0 Å². The molecule has 6 heteroatoms. The van der Waals surface area contributed by atoms with Crippen LogP contribution in [0.15, 0.2) is 30.3 Å². The van der Waals surface area contributed by atoms with Gasteiger partial charge in [-0.3, -0.25) is 14.8 Å². The van der Waals surface area contributed by atoms with Gasteiger partial charge < -0.3 is 10.6 Å². The molecule has 0 aromatic heterocycles. The Morgan fingerprint density at radius 2 is 2.00 bits per heavy atom. The zero-order chi connectivity index (χ0) is 14.3. The van der Waals surface area contributed by atoms with Crippen molar-refractivity contribution in [2.75, 3.05) is 7.05 Å². The van der Waals surface area contributed by atoms with Crippen LogP contribution in [0.2, 0.25) is 0 Å². The van der Waals surface area contributed by atoms with Crippen molar-refractivity contribution in [1.82, 2.24) is 10.4 Å². The molecule has 6 nitrogen and oxygen atoms in total. The number of amides is 2. The highest BCUT2D eigenvalue weighted by atomic mass is 16.5. The Morgan fingerprint density at radius 3 is 2.58 bits per heavy atom. The fourth-order valence-electron chi connectivity index (χ4n) is 1.63. The zero-order valence-electron chi connectivity index (χ0n) is 10.9. The van der Waals surface area contributed by atoms with Crippen molar-refractivity contribution in [1.29, 1.82) is 0 Å². The number of nitrogens with one attached hydrogen (secondary N) is 1. The van der Waals surface area contributed by atoms with Gasteiger partial charge in [0.25, 0.3) is 5.91 Å². The Kier molecular flexibility index (Phi) is 5.98. The number of nitrogens with zero attached hydrogens (tertiary/aromatic N) is 1. The Morgan fingerprint density at radius 1 is 1.37 bits per heavy atom. The Labute approximate surface area is 112 Å². The minimum atomic E-state index is -0.876. The lowest BCUT2D eigenvalue weighted by Gasteiger charge is -2.18. The van der Waals surface area contributed by atoms with Crippen LogP contribution in [0, 0.1) is 0 Å². The van der Waals surface area contributed by atoms with Crippen molar-refractivity contribution in [3.05, 3.63) is 35.9 Å². The van der Waals surface area contributed by atoms with Crippen molar-refractivity contribution >= 4 is 11.8 Å². The van der Waals surface area contributed by atoms with Crippen molar-refractivity contribution < 1.29 is 14.8 Å². The smallest absolute Gasteiger partial charge is 0.260 e. The SMILES string of the molecule is CN(Cc1ccccc1)C(=O)CC[C@H](N)C(=O)NO. The van der Waals surface area contributed by atoms with Crippen LogP contribution in [0.25, 0.3) is 0 Å². The maximum Gasteiger partial charge on any atom is 0.260 e. The van der Waals surface area contributed by atoms with Crippen LogP contribution in [-0.4, -0.2) is 35.0 Å². The van der Waals surface area contributed by atoms with E-state index in [-0.39, 0.29) is 18.7 Å². The second-order valence-corrected chi connectivity index (χ2v) is 4.36. The first-order valence-electron chi connectivity index (χ1n) is 6.02. The summed E-state index contributed by atoms with van der Waals surface area (Å²) in [5.74, 6) is -0.774. The molecule has 0 aliphatic carbocycles. The highest BCUT2D eigenvalue weighted by Crippen LogP contribution is 2.05. The molecule has 1 aromatic carbocycles. The second kappa shape index (κ2) is 7.50. The lowest BCUT2D eigenvalue weighted by atomic mass is 10.1. The van der Waals surface area contributed by atoms with Gasteiger partial charge in [0.15, 0.2) is 0 Å². The van der Waals surface area contributed by atoms with Gasteiger partial charge in [0.1, 0.15) is 0 Å². The van der Waals surface area contributed by atoms with E-state index >= 15 is 0 Å². The summed E-state index contributed by atoms with van der Waals surface area (Å²) in [4.78, 5) is 24.4. The summed E-state index contributed by atoms with van der Waals surface area (Å²) in [6, 6.07) is 8.74. The van der Waals surface area contributed by atoms with Crippen molar-refractivity contribution in [3.8, 4) is 0 Å². The van der Waals surface area contributed by atoms with E-state index in [1.165, 1.54) is 5.48 Å². The average molecular weight is 265 g/mol. The van der Waals surface area contributed by atoms with E-state index < -0.39 is 11.9 Å². The van der Waals surface area contributed by atoms with Crippen LogP contribution in [0.5, 0.6) is 0 Å². The van der Waals surface area contributed by atoms with E-state index in [2.05, 4.69) is 0 Å². The van der Waals surface area contributed by atoms with E-state index in [9.17, 15) is 9.59 Å². The van der Waals surface area contributed by atoms with Crippen molar-refractivity contribution in [2.45, 2.75) is 25.4 Å². The Hall–Kier alpha value is -1.92. The Balaban J connectivity index is 2.39. The van der Waals surface area contributed by atoms with E-state index in [1.54, 1.807) is 11.9 Å². The van der Waals surface area contributed by atoms with Crippen LogP contribution in [0.1, 0.15) is 18.4 Å². The number of carbonyl (C=O) groups excluding carboxylic acids is 2. The summed E-state index contributed by atoms with van der Waals surface area (Å²) in [5.41, 5.74) is 7.99. The summed E-state index contributed by atoms with van der Waals surface area (Å²) in [7, 11) is 1.70. The molecule has 0 fully saturated rings. The number of hydrogen-bond donors (Lipinski definition) is 3. The molecule has 1 atom stereocenters. The standard InChI is InChI=1S/C13H19N3O3/c1-16(9-10-5-3-2-4-6-10)12(17)8-7-11(14)13(18)15-19/h2-6,11,19H,7-9,14H2,1H3,(H,15,18)/t11-/m0/s1. The van der Waals surface area contributed by atoms with E-state index in [4.69, 9.17) is 10.9 Å². The van der Waals surface area contributed by atoms with Crippen LogP contribution >= 0.6 is 0 Å². The van der Waals surface area contributed by atoms with Gasteiger partial charge in [-0.1, -0.05) is 30.3 Å². The summed E-state index contributed by atoms with van der Waals surface area (Å²) in [6.07, 6.45) is 0.363. The topological polar surface area (TPSA) is 95.7 Å². The lowest BCUT2D eigenvalue weighted by Crippen LogP contribution is -2.40. The highest BCUT2D eigenvalue weighted by Gasteiger charge is 2.16. The normalized spacial score (nSPS) is 11.7. The monoisotopic (exact) mass is 265 g/mol. The number of nitrogens with two attached hydrogens (primary N) is 1. The predicted molar refractivity (Wildman–Crippen MR) is 70.1 cm³/mol. The minimum Gasteiger partial charge on any atom is -0.341 e. The summed E-state index contributed by atoms with van der Waals surface area (Å²) in [6.45, 7) is 0.515. The average Bonchev–Trinajstić information content (AvgIpc) is 2.44. The van der Waals surface area contributed by atoms with Crippen molar-refractivity contribution in [2.24, 2.45) is 5.73 Å². The summed E-state index contributed by atoms with van der Waals surface area (Å²) >= 11 is 0. The molecule has 4 N–H and O–H groups in total. The zero-order valence-corrected chi connectivity index (χ0v) is 10.9. The number of hydrogen-bond acceptors (Lipinski definition) is 4. The third kappa shape index (κ3) is 5.07. The van der Waals surface area contributed by atoms with Crippen LogP contribution in [0.3, 0.4) is 0 Å². The molecule has 2 amide bonds. The third-order valence-electron chi connectivity index (χ3n) is 2.80. The maximum atomic E-state index is 11.8. The first kappa shape index (κ1) is 15.1. The number of carbonyl (C=O) groups is 2. The molecular formula is C13H19N3O3. The van der Waals surface area contributed by atoms with E-state index in [0.717, 1.165) is 5.56 Å². The van der Waals surface area contributed by atoms with Gasteiger partial charge in [0.2, 0.25) is 5.91 Å². The molecule has 0 radical (unpaired) electrons. The largest absolute Gasteiger partial charge is 0.341 e. The molecule has 0 bridgehead atoms. The molecule has 1 rings (SSSR count). The molecule has 0 unspecified atom stereocenters. The molecule has 0 aliphatic heterocycles. The Bertz CT molecular complexity index is 422. The first-order chi connectivity index (χ1) is 9.04. The lowest BCUT2D eigenvalue weighted by molar-refractivity contribution is -0.132. The summed E-state index contributed by atoms with van der Waals surface area (Å²) < 4.78 is 0. The van der Waals surface area contributed by atoms with Crippen LogP contribution in [0.4, 0.5) is 0 Å². The van der Waals surface area contributed by atoms with Gasteiger partial charge in [-0.2, -0.15) is 0 Å². The van der Waals surface area contributed by atoms with Gasteiger partial charge in [-0.15, -0.1) is 0 Å². The van der Waals surface area contributed by atoms with E-state index in [1.807, 2.05) is 30.3 Å². The molecule has 19 heavy (non-hydrogen) atoms. The van der Waals surface area contributed by atoms with Crippen LogP contribution in [-0.2, 0) is 16.1 Å². The van der Waals surface area contributed by atoms with Crippen LogP contribution < -0.4 is 11.2 Å². The van der Waals surface area contributed by atoms with Gasteiger partial charge in [-0.25, -0.2) is 5.48 Å². The number of hydroxylamine groups is 1. The third-order valence-corrected chi connectivity index (χ3v) is 2.80. The molecular weight excluding hydrogens is 246 g/mol. The fourth-order valence-corrected chi connectivity index (χ4v) is 1.63. The molecule has 0 spiro atoms. The van der Waals surface area contributed by atoms with Gasteiger partial charge in [0.05, 0.1) is 6.04 Å². The first-order valence-corrected chi connectivity index (χ1v) is 6.02. The number of rotatable bonds is 6. The predicted octanol–water partition coefficient (Wildman–Crippen LogP) is 0.258. The quantitative estimate of drug-likeness (QED) is 0.508. The summed E-state index contributed by atoms with van der Waals surface area (Å²) in [5, 5.41) is 8.40. The second-order valence-electron chi connectivity index (χ2n) is 4.36. The fraction of sp³-hybridized carbons (Fsp3) is 0.385. The van der Waals surface area contributed by atoms with Gasteiger partial charge in [-0.05, 0) is 12.0 Å². The number of benzene rings is 1. The molecule has 104 valence electrons.